The summed E-state index contributed by atoms with van der Waals surface area (Å²) in [7, 11) is 1.58. The Morgan fingerprint density at radius 3 is 2.38 bits per heavy atom. The van der Waals surface area contributed by atoms with Crippen LogP contribution in [0, 0.1) is 0 Å². The first-order chi connectivity index (χ1) is 16.4. The number of nitrogens with one attached hydrogen (secondary N) is 1. The Morgan fingerprint density at radius 1 is 1.06 bits per heavy atom. The van der Waals surface area contributed by atoms with E-state index in [-0.39, 0.29) is 37.2 Å². The first-order valence-corrected chi connectivity index (χ1v) is 11.4. The smallest absolute Gasteiger partial charge is 0.308 e. The van der Waals surface area contributed by atoms with Crippen LogP contribution >= 0.6 is 0 Å². The molecule has 1 unspecified atom stereocenters. The molecule has 0 aliphatic rings. The van der Waals surface area contributed by atoms with Gasteiger partial charge in [0.1, 0.15) is 5.75 Å². The molecule has 8 nitrogen and oxygen atoms in total. The van der Waals surface area contributed by atoms with Gasteiger partial charge in [-0.05, 0) is 43.5 Å². The molecule has 0 saturated carbocycles. The number of esters is 1. The average molecular weight is 466 g/mol. The van der Waals surface area contributed by atoms with E-state index in [1.54, 1.807) is 33.1 Å². The molecular weight excluding hydrogens is 434 g/mol. The molecule has 180 valence electrons. The maximum atomic E-state index is 12.7. The van der Waals surface area contributed by atoms with Crippen LogP contribution in [0.4, 0.5) is 0 Å². The number of nitrogens with zero attached hydrogens (tertiary/aromatic N) is 2. The van der Waals surface area contributed by atoms with E-state index in [0.717, 1.165) is 17.5 Å². The molecule has 34 heavy (non-hydrogen) atoms. The minimum Gasteiger partial charge on any atom is -0.497 e. The standard InChI is InChI=1S/C26H31N3O5/c1-5-18-6-8-20(9-7-18)26-28-24(34-29-26)15-14-23(30)27-22(16-25(31)33-17(2)3)19-10-12-21(32-4)13-11-19/h6-13,17,22H,5,14-16H2,1-4H3,(H,27,30). The number of amides is 1. The van der Waals surface area contributed by atoms with E-state index in [1.165, 1.54) is 5.56 Å². The topological polar surface area (TPSA) is 104 Å². The average Bonchev–Trinajstić information content (AvgIpc) is 3.31. The van der Waals surface area contributed by atoms with Crippen molar-refractivity contribution in [2.45, 2.75) is 58.6 Å². The molecule has 0 saturated heterocycles. The lowest BCUT2D eigenvalue weighted by Crippen LogP contribution is -2.31. The van der Waals surface area contributed by atoms with E-state index in [2.05, 4.69) is 22.4 Å². The van der Waals surface area contributed by atoms with Crippen molar-refractivity contribution in [3.63, 3.8) is 0 Å². The highest BCUT2D eigenvalue weighted by Gasteiger charge is 2.21. The van der Waals surface area contributed by atoms with Gasteiger partial charge in [-0.15, -0.1) is 0 Å². The molecule has 0 bridgehead atoms. The molecule has 0 fully saturated rings. The molecule has 8 heteroatoms. The third-order valence-electron chi connectivity index (χ3n) is 5.25. The minimum atomic E-state index is -0.528. The molecular formula is C26H31N3O5. The van der Waals surface area contributed by atoms with Gasteiger partial charge in [-0.2, -0.15) is 4.98 Å². The molecule has 1 N–H and O–H groups in total. The molecule has 0 spiro atoms. The second-order valence-corrected chi connectivity index (χ2v) is 8.20. The summed E-state index contributed by atoms with van der Waals surface area (Å²) in [6, 6.07) is 14.7. The van der Waals surface area contributed by atoms with Gasteiger partial charge in [-0.3, -0.25) is 9.59 Å². The Bertz CT molecular complexity index is 1070. The van der Waals surface area contributed by atoms with Gasteiger partial charge in [0.15, 0.2) is 0 Å². The van der Waals surface area contributed by atoms with Gasteiger partial charge in [0, 0.05) is 18.4 Å². The predicted octanol–water partition coefficient (Wildman–Crippen LogP) is 4.44. The fraction of sp³-hybridized carbons (Fsp3) is 0.385. The zero-order chi connectivity index (χ0) is 24.5. The lowest BCUT2D eigenvalue weighted by molar-refractivity contribution is -0.148. The highest BCUT2D eigenvalue weighted by Crippen LogP contribution is 2.22. The van der Waals surface area contributed by atoms with Gasteiger partial charge in [0.2, 0.25) is 17.6 Å². The zero-order valence-corrected chi connectivity index (χ0v) is 20.0. The number of aryl methyl sites for hydroxylation is 2. The van der Waals surface area contributed by atoms with Crippen molar-refractivity contribution >= 4 is 11.9 Å². The van der Waals surface area contributed by atoms with Gasteiger partial charge in [0.25, 0.3) is 0 Å². The predicted molar refractivity (Wildman–Crippen MR) is 127 cm³/mol. The summed E-state index contributed by atoms with van der Waals surface area (Å²) in [5.74, 6) is 0.947. The maximum absolute atomic E-state index is 12.7. The quantitative estimate of drug-likeness (QED) is 0.418. The van der Waals surface area contributed by atoms with Crippen LogP contribution in [-0.4, -0.2) is 35.2 Å². The molecule has 3 rings (SSSR count). The highest BCUT2D eigenvalue weighted by molar-refractivity contribution is 5.78. The summed E-state index contributed by atoms with van der Waals surface area (Å²) in [6.07, 6.45) is 1.18. The van der Waals surface area contributed by atoms with Crippen LogP contribution < -0.4 is 10.1 Å². The SMILES string of the molecule is CCc1ccc(-c2noc(CCC(=O)NC(CC(=O)OC(C)C)c3ccc(OC)cc3)n2)cc1. The summed E-state index contributed by atoms with van der Waals surface area (Å²) >= 11 is 0. The first kappa shape index (κ1) is 25.0. The number of carbonyl (C=O) groups is 2. The van der Waals surface area contributed by atoms with Crippen LogP contribution in [0.3, 0.4) is 0 Å². The zero-order valence-electron chi connectivity index (χ0n) is 20.0. The molecule has 2 aromatic carbocycles. The van der Waals surface area contributed by atoms with Gasteiger partial charge in [0.05, 0.1) is 25.7 Å². The van der Waals surface area contributed by atoms with Crippen molar-refractivity contribution in [3.05, 3.63) is 65.5 Å². The Hall–Kier alpha value is -3.68. The molecule has 0 aliphatic heterocycles. The van der Waals surface area contributed by atoms with Crippen molar-refractivity contribution in [1.82, 2.24) is 15.5 Å². The van der Waals surface area contributed by atoms with Crippen LogP contribution in [0.5, 0.6) is 5.75 Å². The molecule has 0 aliphatic carbocycles. The first-order valence-electron chi connectivity index (χ1n) is 11.4. The van der Waals surface area contributed by atoms with E-state index in [1.807, 2.05) is 36.4 Å². The second kappa shape index (κ2) is 12.0. The van der Waals surface area contributed by atoms with Gasteiger partial charge in [-0.1, -0.05) is 48.5 Å². The number of rotatable bonds is 11. The Balaban J connectivity index is 1.62. The van der Waals surface area contributed by atoms with Crippen molar-refractivity contribution in [2.75, 3.05) is 7.11 Å². The largest absolute Gasteiger partial charge is 0.497 e. The van der Waals surface area contributed by atoms with E-state index < -0.39 is 6.04 Å². The number of hydrogen-bond donors (Lipinski definition) is 1. The van der Waals surface area contributed by atoms with Crippen LogP contribution in [0.1, 0.15) is 56.7 Å². The van der Waals surface area contributed by atoms with E-state index in [4.69, 9.17) is 14.0 Å². The minimum absolute atomic E-state index is 0.0225. The molecule has 1 atom stereocenters. The fourth-order valence-electron chi connectivity index (χ4n) is 3.42. The van der Waals surface area contributed by atoms with E-state index in [0.29, 0.717) is 17.5 Å². The van der Waals surface area contributed by atoms with E-state index in [9.17, 15) is 9.59 Å². The molecule has 1 aromatic heterocycles. The third-order valence-corrected chi connectivity index (χ3v) is 5.25. The lowest BCUT2D eigenvalue weighted by atomic mass is 10.0. The van der Waals surface area contributed by atoms with Gasteiger partial charge < -0.3 is 19.3 Å². The second-order valence-electron chi connectivity index (χ2n) is 8.20. The van der Waals surface area contributed by atoms with Crippen LogP contribution in [0.25, 0.3) is 11.4 Å². The lowest BCUT2D eigenvalue weighted by Gasteiger charge is -2.19. The third kappa shape index (κ3) is 7.16. The Morgan fingerprint density at radius 2 is 1.76 bits per heavy atom. The summed E-state index contributed by atoms with van der Waals surface area (Å²) in [5.41, 5.74) is 2.87. The number of benzene rings is 2. The van der Waals surface area contributed by atoms with Crippen molar-refractivity contribution in [3.8, 4) is 17.1 Å². The van der Waals surface area contributed by atoms with Crippen LogP contribution in [0.15, 0.2) is 53.1 Å². The van der Waals surface area contributed by atoms with E-state index >= 15 is 0 Å². The van der Waals surface area contributed by atoms with Crippen molar-refractivity contribution < 1.29 is 23.6 Å². The highest BCUT2D eigenvalue weighted by atomic mass is 16.5. The van der Waals surface area contributed by atoms with Gasteiger partial charge in [-0.25, -0.2) is 0 Å². The van der Waals surface area contributed by atoms with Gasteiger partial charge >= 0.3 is 5.97 Å². The molecule has 1 heterocycles. The van der Waals surface area contributed by atoms with Crippen LogP contribution in [-0.2, 0) is 27.2 Å². The summed E-state index contributed by atoms with van der Waals surface area (Å²) in [6.45, 7) is 5.67. The maximum Gasteiger partial charge on any atom is 0.308 e. The van der Waals surface area contributed by atoms with Crippen LogP contribution in [0.2, 0.25) is 0 Å². The summed E-state index contributed by atoms with van der Waals surface area (Å²) < 4.78 is 15.8. The molecule has 1 amide bonds. The number of hydrogen-bond acceptors (Lipinski definition) is 7. The monoisotopic (exact) mass is 465 g/mol. The Labute approximate surface area is 199 Å². The summed E-state index contributed by atoms with van der Waals surface area (Å²) in [5, 5.41) is 6.95. The number of carbonyl (C=O) groups excluding carboxylic acids is 2. The molecule has 3 aromatic rings. The van der Waals surface area contributed by atoms with Crippen molar-refractivity contribution in [2.24, 2.45) is 0 Å². The van der Waals surface area contributed by atoms with Crippen molar-refractivity contribution in [1.29, 1.82) is 0 Å². The Kier molecular flexibility index (Phi) is 8.79. The molecule has 0 radical (unpaired) electrons. The number of methoxy groups -OCH3 is 1. The summed E-state index contributed by atoms with van der Waals surface area (Å²) in [4.78, 5) is 29.4. The fourth-order valence-corrected chi connectivity index (χ4v) is 3.42. The number of ether oxygens (including phenoxy) is 2. The number of aromatic nitrogens is 2. The normalized spacial score (nSPS) is 11.8.